The van der Waals surface area contributed by atoms with Gasteiger partial charge in [-0.1, -0.05) is 13.0 Å². The second-order valence-corrected chi connectivity index (χ2v) is 7.02. The Balaban J connectivity index is 2.18. The molecule has 6 nitrogen and oxygen atoms in total. The zero-order chi connectivity index (χ0) is 19.9. The Kier molecular flexibility index (Phi) is 6.89. The van der Waals surface area contributed by atoms with Gasteiger partial charge in [0, 0.05) is 12.4 Å². The molecule has 1 N–H and O–H groups in total. The predicted molar refractivity (Wildman–Crippen MR) is 102 cm³/mol. The van der Waals surface area contributed by atoms with Gasteiger partial charge < -0.3 is 9.84 Å². The molecule has 0 aliphatic heterocycles. The molecular weight excluding hydrogens is 342 g/mol. The number of nitrogens with zero attached hydrogens (tertiary/aromatic N) is 3. The molecule has 0 amide bonds. The summed E-state index contributed by atoms with van der Waals surface area (Å²) in [6.07, 6.45) is 7.33. The minimum atomic E-state index is -0.420. The van der Waals surface area contributed by atoms with Crippen molar-refractivity contribution in [1.82, 2.24) is 9.97 Å². The minimum Gasteiger partial charge on any atom is -0.507 e. The molecule has 0 bridgehead atoms. The van der Waals surface area contributed by atoms with E-state index in [1.54, 1.807) is 6.07 Å². The lowest BCUT2D eigenvalue weighted by atomic mass is 9.89. The Morgan fingerprint density at radius 1 is 1.30 bits per heavy atom. The number of phenolic OH excluding ortho intramolecular Hbond substituents is 1. The van der Waals surface area contributed by atoms with Crippen LogP contribution in [0, 0.1) is 16.7 Å². The molecule has 0 aliphatic rings. The SMILES string of the molecule is CCc1ccc(O)c(C(=O)c2cnccn2)c1OCCCCC(C)(C)C#N. The van der Waals surface area contributed by atoms with Crippen LogP contribution in [-0.2, 0) is 6.42 Å². The van der Waals surface area contributed by atoms with E-state index in [-0.39, 0.29) is 22.4 Å². The third-order valence-electron chi connectivity index (χ3n) is 4.37. The van der Waals surface area contributed by atoms with Gasteiger partial charge in [-0.3, -0.25) is 9.78 Å². The number of aromatic hydroxyl groups is 1. The van der Waals surface area contributed by atoms with E-state index >= 15 is 0 Å². The topological polar surface area (TPSA) is 96.1 Å². The van der Waals surface area contributed by atoms with E-state index in [1.807, 2.05) is 20.8 Å². The molecule has 1 heterocycles. The van der Waals surface area contributed by atoms with E-state index < -0.39 is 5.78 Å². The third-order valence-corrected chi connectivity index (χ3v) is 4.37. The summed E-state index contributed by atoms with van der Waals surface area (Å²) in [6, 6.07) is 5.55. The average molecular weight is 367 g/mol. The van der Waals surface area contributed by atoms with Gasteiger partial charge in [-0.15, -0.1) is 0 Å². The summed E-state index contributed by atoms with van der Waals surface area (Å²) >= 11 is 0. The molecule has 0 aliphatic carbocycles. The first-order chi connectivity index (χ1) is 12.9. The molecule has 2 aromatic rings. The number of ether oxygens (including phenoxy) is 1. The number of hydrogen-bond acceptors (Lipinski definition) is 6. The van der Waals surface area contributed by atoms with Crippen molar-refractivity contribution in [3.63, 3.8) is 0 Å². The molecule has 0 saturated carbocycles. The van der Waals surface area contributed by atoms with Crippen molar-refractivity contribution >= 4 is 5.78 Å². The standard InChI is InChI=1S/C21H25N3O3/c1-4-15-7-8-17(25)18(19(26)16-13-23-10-11-24-16)20(15)27-12-6-5-9-21(2,3)14-22/h7-8,10-11,13,25H,4-6,9,12H2,1-3H3. The second kappa shape index (κ2) is 9.13. The van der Waals surface area contributed by atoms with Crippen molar-refractivity contribution < 1.29 is 14.6 Å². The lowest BCUT2D eigenvalue weighted by Gasteiger charge is -2.17. The zero-order valence-electron chi connectivity index (χ0n) is 16.0. The molecule has 1 aromatic carbocycles. The number of ketones is 1. The summed E-state index contributed by atoms with van der Waals surface area (Å²) in [5, 5.41) is 19.4. The van der Waals surface area contributed by atoms with E-state index in [4.69, 9.17) is 10.00 Å². The Morgan fingerprint density at radius 3 is 2.70 bits per heavy atom. The first kappa shape index (κ1) is 20.4. The van der Waals surface area contributed by atoms with E-state index in [2.05, 4.69) is 16.0 Å². The van der Waals surface area contributed by atoms with Crippen LogP contribution in [0.4, 0.5) is 0 Å². The van der Waals surface area contributed by atoms with Gasteiger partial charge in [0.1, 0.15) is 22.8 Å². The molecular formula is C21H25N3O3. The van der Waals surface area contributed by atoms with E-state index in [1.165, 1.54) is 24.7 Å². The number of benzene rings is 1. The molecule has 27 heavy (non-hydrogen) atoms. The summed E-state index contributed by atoms with van der Waals surface area (Å²) in [5.74, 6) is -0.160. The number of carbonyl (C=O) groups is 1. The Morgan fingerprint density at radius 2 is 2.07 bits per heavy atom. The van der Waals surface area contributed by atoms with Crippen molar-refractivity contribution in [3.05, 3.63) is 47.5 Å². The Hall–Kier alpha value is -2.94. The van der Waals surface area contributed by atoms with Crippen molar-refractivity contribution in [2.24, 2.45) is 5.41 Å². The maximum Gasteiger partial charge on any atom is 0.220 e. The van der Waals surface area contributed by atoms with Gasteiger partial charge in [0.15, 0.2) is 0 Å². The number of aryl methyl sites for hydroxylation is 1. The first-order valence-corrected chi connectivity index (χ1v) is 9.09. The fraction of sp³-hybridized carbons (Fsp3) is 0.429. The molecule has 0 atom stereocenters. The van der Waals surface area contributed by atoms with Crippen LogP contribution < -0.4 is 4.74 Å². The lowest BCUT2D eigenvalue weighted by Crippen LogP contribution is -2.11. The van der Waals surface area contributed by atoms with Crippen molar-refractivity contribution in [3.8, 4) is 17.6 Å². The van der Waals surface area contributed by atoms with Gasteiger partial charge in [0.05, 0.1) is 24.3 Å². The van der Waals surface area contributed by atoms with Crippen LogP contribution in [0.25, 0.3) is 0 Å². The first-order valence-electron chi connectivity index (χ1n) is 9.09. The second-order valence-electron chi connectivity index (χ2n) is 7.02. The summed E-state index contributed by atoms with van der Waals surface area (Å²) in [7, 11) is 0. The quantitative estimate of drug-likeness (QED) is 0.530. The highest BCUT2D eigenvalue weighted by Gasteiger charge is 2.23. The van der Waals surface area contributed by atoms with Crippen LogP contribution in [0.15, 0.2) is 30.7 Å². The van der Waals surface area contributed by atoms with Crippen LogP contribution >= 0.6 is 0 Å². The van der Waals surface area contributed by atoms with E-state index in [0.29, 0.717) is 18.8 Å². The normalized spacial score (nSPS) is 11.0. The molecule has 1 aromatic heterocycles. The number of rotatable bonds is 9. The zero-order valence-corrected chi connectivity index (χ0v) is 16.0. The van der Waals surface area contributed by atoms with Crippen molar-refractivity contribution in [2.75, 3.05) is 6.61 Å². The third kappa shape index (κ3) is 5.27. The van der Waals surface area contributed by atoms with Crippen LogP contribution in [-0.4, -0.2) is 27.5 Å². The minimum absolute atomic E-state index is 0.118. The highest BCUT2D eigenvalue weighted by atomic mass is 16.5. The van der Waals surface area contributed by atoms with Gasteiger partial charge in [-0.2, -0.15) is 5.26 Å². The highest BCUT2D eigenvalue weighted by Crippen LogP contribution is 2.34. The number of hydrogen-bond donors (Lipinski definition) is 1. The van der Waals surface area contributed by atoms with Gasteiger partial charge in [0.2, 0.25) is 5.78 Å². The maximum absolute atomic E-state index is 12.8. The van der Waals surface area contributed by atoms with Crippen LogP contribution in [0.1, 0.15) is 61.6 Å². The fourth-order valence-electron chi connectivity index (χ4n) is 2.72. The number of unbranched alkanes of at least 4 members (excludes halogenated alkanes) is 1. The Labute approximate surface area is 159 Å². The average Bonchev–Trinajstić information content (AvgIpc) is 2.68. The smallest absolute Gasteiger partial charge is 0.220 e. The molecule has 0 fully saturated rings. The highest BCUT2D eigenvalue weighted by molar-refractivity contribution is 6.11. The summed E-state index contributed by atoms with van der Waals surface area (Å²) < 4.78 is 5.92. The maximum atomic E-state index is 12.8. The van der Waals surface area contributed by atoms with Gasteiger partial charge in [-0.25, -0.2) is 4.98 Å². The largest absolute Gasteiger partial charge is 0.507 e. The van der Waals surface area contributed by atoms with Crippen molar-refractivity contribution in [1.29, 1.82) is 5.26 Å². The van der Waals surface area contributed by atoms with Crippen LogP contribution in [0.2, 0.25) is 0 Å². The Bertz CT molecular complexity index is 827. The molecule has 2 rings (SSSR count). The monoisotopic (exact) mass is 367 g/mol. The van der Waals surface area contributed by atoms with E-state index in [9.17, 15) is 9.90 Å². The van der Waals surface area contributed by atoms with Crippen molar-refractivity contribution in [2.45, 2.75) is 46.5 Å². The number of carbonyl (C=O) groups excluding carboxylic acids is 1. The number of phenols is 1. The molecule has 6 heteroatoms. The summed E-state index contributed by atoms with van der Waals surface area (Å²) in [6.45, 7) is 6.19. The number of nitriles is 1. The summed E-state index contributed by atoms with van der Waals surface area (Å²) in [4.78, 5) is 20.8. The lowest BCUT2D eigenvalue weighted by molar-refractivity contribution is 0.102. The van der Waals surface area contributed by atoms with Crippen LogP contribution in [0.5, 0.6) is 11.5 Å². The predicted octanol–water partition coefficient (Wildman–Crippen LogP) is 4.07. The molecule has 0 unspecified atom stereocenters. The van der Waals surface area contributed by atoms with E-state index in [0.717, 1.165) is 24.8 Å². The fourth-order valence-corrected chi connectivity index (χ4v) is 2.72. The van der Waals surface area contributed by atoms with Gasteiger partial charge in [0.25, 0.3) is 0 Å². The van der Waals surface area contributed by atoms with Crippen LogP contribution in [0.3, 0.4) is 0 Å². The molecule has 0 saturated heterocycles. The molecule has 0 spiro atoms. The molecule has 142 valence electrons. The summed E-state index contributed by atoms with van der Waals surface area (Å²) in [5.41, 5.74) is 0.762. The number of aromatic nitrogens is 2. The van der Waals surface area contributed by atoms with Gasteiger partial charge in [-0.05, 0) is 51.2 Å². The molecule has 0 radical (unpaired) electrons. The van der Waals surface area contributed by atoms with Gasteiger partial charge >= 0.3 is 0 Å².